The first-order valence-electron chi connectivity index (χ1n) is 8.44. The fraction of sp³-hybridized carbons (Fsp3) is 0.150. The number of benzene rings is 2. The molecule has 10 heteroatoms. The van der Waals surface area contributed by atoms with Crippen LogP contribution in [-0.2, 0) is 6.18 Å². The van der Waals surface area contributed by atoms with E-state index in [4.69, 9.17) is 4.74 Å². The minimum atomic E-state index is -4.96. The number of halogens is 4. The van der Waals surface area contributed by atoms with E-state index in [1.807, 2.05) is 6.92 Å². The number of aromatic amines is 1. The second-order valence-corrected chi connectivity index (χ2v) is 6.44. The molecular formula is C20H13F4N3O3. The van der Waals surface area contributed by atoms with Crippen molar-refractivity contribution in [1.82, 2.24) is 9.55 Å². The number of nitrogens with zero attached hydrogens (tertiary/aromatic N) is 2. The normalized spacial score (nSPS) is 11.2. The maximum atomic E-state index is 14.5. The Kier molecular flexibility index (Phi) is 5.22. The summed E-state index contributed by atoms with van der Waals surface area (Å²) in [4.78, 5) is 25.8. The molecule has 0 aliphatic heterocycles. The summed E-state index contributed by atoms with van der Waals surface area (Å²) in [5.74, 6) is -0.998. The Bertz CT molecular complexity index is 1270. The molecule has 0 bridgehead atoms. The van der Waals surface area contributed by atoms with Crippen LogP contribution in [0.15, 0.2) is 46.0 Å². The maximum Gasteiger partial charge on any atom is 0.431 e. The Labute approximate surface area is 166 Å². The number of nitriles is 1. The predicted molar refractivity (Wildman–Crippen MR) is 98.3 cm³/mol. The molecule has 30 heavy (non-hydrogen) atoms. The number of H-pyrrole nitrogens is 1. The molecule has 3 rings (SSSR count). The lowest BCUT2D eigenvalue weighted by Crippen LogP contribution is -2.36. The average molecular weight is 419 g/mol. The lowest BCUT2D eigenvalue weighted by atomic mass is 10.1. The summed E-state index contributed by atoms with van der Waals surface area (Å²) in [6, 6.07) is 8.69. The van der Waals surface area contributed by atoms with E-state index in [2.05, 4.69) is 0 Å². The third-order valence-corrected chi connectivity index (χ3v) is 4.20. The standard InChI is InChI=1S/C20H13F4N3O3/c1-10-3-4-15(11(2)5-10)30-16-7-14(13(21)6-12(16)9-25)27-18(28)8-17(20(22,23)24)26-19(27)29/h3-8H,1-2H3,(H,26,29). The second kappa shape index (κ2) is 7.51. The highest BCUT2D eigenvalue weighted by Gasteiger charge is 2.33. The molecule has 0 saturated heterocycles. The van der Waals surface area contributed by atoms with Gasteiger partial charge < -0.3 is 9.72 Å². The van der Waals surface area contributed by atoms with Crippen molar-refractivity contribution >= 4 is 0 Å². The molecule has 1 heterocycles. The van der Waals surface area contributed by atoms with Gasteiger partial charge in [0.05, 0.1) is 11.3 Å². The SMILES string of the molecule is Cc1ccc(Oc2cc(-n3c(=O)cc(C(F)(F)F)[nH]c3=O)c(F)cc2C#N)c(C)c1. The molecule has 6 nitrogen and oxygen atoms in total. The first-order chi connectivity index (χ1) is 14.0. The van der Waals surface area contributed by atoms with Crippen LogP contribution in [0.25, 0.3) is 5.69 Å². The molecule has 1 N–H and O–H groups in total. The molecule has 0 aliphatic carbocycles. The van der Waals surface area contributed by atoms with Crippen LogP contribution in [0.3, 0.4) is 0 Å². The lowest BCUT2D eigenvalue weighted by Gasteiger charge is -2.14. The molecule has 0 radical (unpaired) electrons. The van der Waals surface area contributed by atoms with Gasteiger partial charge in [-0.05, 0) is 31.5 Å². The fourth-order valence-corrected chi connectivity index (χ4v) is 2.79. The molecule has 0 aliphatic rings. The van der Waals surface area contributed by atoms with Crippen molar-refractivity contribution in [2.45, 2.75) is 20.0 Å². The minimum Gasteiger partial charge on any atom is -0.456 e. The lowest BCUT2D eigenvalue weighted by molar-refractivity contribution is -0.141. The summed E-state index contributed by atoms with van der Waals surface area (Å²) in [5, 5.41) is 9.27. The van der Waals surface area contributed by atoms with Crippen LogP contribution in [0, 0.1) is 31.0 Å². The zero-order chi connectivity index (χ0) is 22.2. The van der Waals surface area contributed by atoms with Gasteiger partial charge in [0.1, 0.15) is 29.1 Å². The van der Waals surface area contributed by atoms with Gasteiger partial charge in [-0.1, -0.05) is 17.7 Å². The van der Waals surface area contributed by atoms with Gasteiger partial charge in [0.15, 0.2) is 0 Å². The predicted octanol–water partition coefficient (Wildman–Crippen LogP) is 3.96. The Morgan fingerprint density at radius 2 is 1.77 bits per heavy atom. The quantitative estimate of drug-likeness (QED) is 0.651. The van der Waals surface area contributed by atoms with Crippen molar-refractivity contribution in [1.29, 1.82) is 5.26 Å². The molecule has 1 aromatic heterocycles. The molecular weight excluding hydrogens is 406 g/mol. The van der Waals surface area contributed by atoms with Crippen LogP contribution in [0.1, 0.15) is 22.4 Å². The van der Waals surface area contributed by atoms with Crippen molar-refractivity contribution in [2.75, 3.05) is 0 Å². The first kappa shape index (κ1) is 20.9. The minimum absolute atomic E-state index is 0.143. The van der Waals surface area contributed by atoms with Gasteiger partial charge in [-0.15, -0.1) is 0 Å². The molecule has 2 aromatic carbocycles. The molecule has 0 amide bonds. The highest BCUT2D eigenvalue weighted by molar-refractivity contribution is 5.53. The van der Waals surface area contributed by atoms with Crippen molar-refractivity contribution in [3.8, 4) is 23.3 Å². The number of nitrogens with one attached hydrogen (secondary N) is 1. The van der Waals surface area contributed by atoms with Gasteiger partial charge in [-0.25, -0.2) is 13.8 Å². The van der Waals surface area contributed by atoms with E-state index in [9.17, 15) is 32.4 Å². The van der Waals surface area contributed by atoms with Crippen molar-refractivity contribution < 1.29 is 22.3 Å². The van der Waals surface area contributed by atoms with Crippen LogP contribution in [0.5, 0.6) is 11.5 Å². The molecule has 0 atom stereocenters. The number of hydrogen-bond donors (Lipinski definition) is 1. The largest absolute Gasteiger partial charge is 0.456 e. The van der Waals surface area contributed by atoms with E-state index >= 15 is 0 Å². The van der Waals surface area contributed by atoms with E-state index in [0.29, 0.717) is 11.3 Å². The van der Waals surface area contributed by atoms with E-state index in [-0.39, 0.29) is 21.9 Å². The van der Waals surface area contributed by atoms with E-state index in [0.717, 1.165) is 17.7 Å². The Hall–Kier alpha value is -3.87. The zero-order valence-electron chi connectivity index (χ0n) is 15.6. The highest BCUT2D eigenvalue weighted by Crippen LogP contribution is 2.31. The summed E-state index contributed by atoms with van der Waals surface area (Å²) in [7, 11) is 0. The third-order valence-electron chi connectivity index (χ3n) is 4.20. The summed E-state index contributed by atoms with van der Waals surface area (Å²) in [6.45, 7) is 3.60. The molecule has 0 spiro atoms. The second-order valence-electron chi connectivity index (χ2n) is 6.44. The monoisotopic (exact) mass is 419 g/mol. The number of rotatable bonds is 3. The van der Waals surface area contributed by atoms with Crippen LogP contribution < -0.4 is 16.0 Å². The number of aryl methyl sites for hydroxylation is 2. The number of alkyl halides is 3. The van der Waals surface area contributed by atoms with Crippen molar-refractivity contribution in [2.24, 2.45) is 0 Å². The number of aromatic nitrogens is 2. The van der Waals surface area contributed by atoms with Crippen LogP contribution >= 0.6 is 0 Å². The average Bonchev–Trinajstić information content (AvgIpc) is 2.64. The van der Waals surface area contributed by atoms with Crippen LogP contribution in [-0.4, -0.2) is 9.55 Å². The zero-order valence-corrected chi connectivity index (χ0v) is 15.6. The Balaban J connectivity index is 2.18. The number of ether oxygens (including phenoxy) is 1. The van der Waals surface area contributed by atoms with Gasteiger partial charge in [-0.2, -0.15) is 18.4 Å². The van der Waals surface area contributed by atoms with Crippen molar-refractivity contribution in [3.05, 3.63) is 85.4 Å². The Morgan fingerprint density at radius 1 is 1.07 bits per heavy atom. The van der Waals surface area contributed by atoms with Crippen LogP contribution in [0.4, 0.5) is 17.6 Å². The molecule has 0 unspecified atom stereocenters. The topological polar surface area (TPSA) is 87.9 Å². The van der Waals surface area contributed by atoms with Gasteiger partial charge in [0, 0.05) is 12.1 Å². The van der Waals surface area contributed by atoms with Gasteiger partial charge in [-0.3, -0.25) is 4.79 Å². The molecule has 0 fully saturated rings. The fourth-order valence-electron chi connectivity index (χ4n) is 2.79. The van der Waals surface area contributed by atoms with E-state index in [1.165, 1.54) is 4.98 Å². The molecule has 0 saturated carbocycles. The molecule has 3 aromatic rings. The summed E-state index contributed by atoms with van der Waals surface area (Å²) in [5.41, 5.74) is -3.68. The first-order valence-corrected chi connectivity index (χ1v) is 8.44. The summed E-state index contributed by atoms with van der Waals surface area (Å²) in [6.07, 6.45) is -4.96. The van der Waals surface area contributed by atoms with E-state index in [1.54, 1.807) is 31.2 Å². The summed E-state index contributed by atoms with van der Waals surface area (Å²) < 4.78 is 58.7. The van der Waals surface area contributed by atoms with E-state index < -0.39 is 34.6 Å². The van der Waals surface area contributed by atoms with Crippen LogP contribution in [0.2, 0.25) is 0 Å². The van der Waals surface area contributed by atoms with Gasteiger partial charge >= 0.3 is 11.9 Å². The van der Waals surface area contributed by atoms with Gasteiger partial charge in [0.2, 0.25) is 0 Å². The van der Waals surface area contributed by atoms with Crippen molar-refractivity contribution in [3.63, 3.8) is 0 Å². The maximum absolute atomic E-state index is 14.5. The van der Waals surface area contributed by atoms with Gasteiger partial charge in [0.25, 0.3) is 5.56 Å². The summed E-state index contributed by atoms with van der Waals surface area (Å²) >= 11 is 0. The Morgan fingerprint density at radius 3 is 2.33 bits per heavy atom. The third kappa shape index (κ3) is 3.96. The number of hydrogen-bond acceptors (Lipinski definition) is 4. The highest BCUT2D eigenvalue weighted by atomic mass is 19.4. The smallest absolute Gasteiger partial charge is 0.431 e. The molecule has 154 valence electrons.